The molecule has 0 aromatic heterocycles. The van der Waals surface area contributed by atoms with Crippen molar-refractivity contribution in [2.24, 2.45) is 11.3 Å². The number of piperidine rings is 2. The van der Waals surface area contributed by atoms with E-state index in [2.05, 4.69) is 15.1 Å². The minimum Gasteiger partial charge on any atom is -0.384 e. The molecule has 4 fully saturated rings. The van der Waals surface area contributed by atoms with Crippen LogP contribution in [0.25, 0.3) is 0 Å². The standard InChI is InChI=1S/C19H33N3O2/c1-24-14-19(8-3-9-19)13-20-18(23)21-11-7-17-15(12-21)4-2-10-22(17)16-5-6-16/h15-17H,2-14H2,1H3,(H,20,23). The Bertz CT molecular complexity index is 462. The lowest BCUT2D eigenvalue weighted by molar-refractivity contribution is 0.0141. The summed E-state index contributed by atoms with van der Waals surface area (Å²) in [5, 5.41) is 3.22. The van der Waals surface area contributed by atoms with Gasteiger partial charge in [0.05, 0.1) is 6.61 Å². The number of rotatable bonds is 5. The highest BCUT2D eigenvalue weighted by Gasteiger charge is 2.43. The van der Waals surface area contributed by atoms with Gasteiger partial charge in [-0.05, 0) is 57.4 Å². The second kappa shape index (κ2) is 6.83. The Labute approximate surface area is 146 Å². The molecule has 4 rings (SSSR count). The van der Waals surface area contributed by atoms with E-state index in [0.717, 1.165) is 44.7 Å². The minimum absolute atomic E-state index is 0.152. The van der Waals surface area contributed by atoms with Gasteiger partial charge in [0, 0.05) is 44.2 Å². The number of fused-ring (bicyclic) bond motifs is 1. The van der Waals surface area contributed by atoms with Gasteiger partial charge in [-0.25, -0.2) is 4.79 Å². The molecule has 2 saturated heterocycles. The first kappa shape index (κ1) is 16.6. The maximum absolute atomic E-state index is 12.7. The molecular weight excluding hydrogens is 302 g/mol. The first-order valence-electron chi connectivity index (χ1n) is 9.98. The molecule has 5 heteroatoms. The van der Waals surface area contributed by atoms with Crippen LogP contribution in [0, 0.1) is 11.3 Å². The van der Waals surface area contributed by atoms with Gasteiger partial charge in [-0.1, -0.05) is 6.42 Å². The number of methoxy groups -OCH3 is 1. The number of hydrogen-bond donors (Lipinski definition) is 1. The first-order chi connectivity index (χ1) is 11.7. The summed E-state index contributed by atoms with van der Waals surface area (Å²) in [5.74, 6) is 0.690. The summed E-state index contributed by atoms with van der Waals surface area (Å²) in [6.07, 6.45) is 10.2. The van der Waals surface area contributed by atoms with Crippen LogP contribution in [0.1, 0.15) is 51.4 Å². The average molecular weight is 335 g/mol. The molecule has 4 aliphatic rings. The molecule has 0 aromatic rings. The molecule has 0 aromatic carbocycles. The topological polar surface area (TPSA) is 44.8 Å². The number of carbonyl (C=O) groups is 1. The number of nitrogens with zero attached hydrogens (tertiary/aromatic N) is 2. The number of ether oxygens (including phenoxy) is 1. The molecule has 1 N–H and O–H groups in total. The molecule has 2 saturated carbocycles. The third kappa shape index (κ3) is 3.30. The van der Waals surface area contributed by atoms with Crippen molar-refractivity contribution < 1.29 is 9.53 Å². The summed E-state index contributed by atoms with van der Waals surface area (Å²) in [4.78, 5) is 17.5. The van der Waals surface area contributed by atoms with E-state index in [1.165, 1.54) is 51.5 Å². The Hall–Kier alpha value is -0.810. The highest BCUT2D eigenvalue weighted by molar-refractivity contribution is 5.74. The van der Waals surface area contributed by atoms with Crippen molar-refractivity contribution in [2.45, 2.75) is 63.5 Å². The second-order valence-corrected chi connectivity index (χ2v) is 8.62. The van der Waals surface area contributed by atoms with E-state index < -0.39 is 0 Å². The quantitative estimate of drug-likeness (QED) is 0.839. The fourth-order valence-corrected chi connectivity index (χ4v) is 5.22. The largest absolute Gasteiger partial charge is 0.384 e. The molecule has 2 aliphatic carbocycles. The third-order valence-electron chi connectivity index (χ3n) is 6.89. The van der Waals surface area contributed by atoms with E-state index in [9.17, 15) is 4.79 Å². The van der Waals surface area contributed by atoms with E-state index >= 15 is 0 Å². The Morgan fingerprint density at radius 1 is 1.17 bits per heavy atom. The second-order valence-electron chi connectivity index (χ2n) is 8.62. The normalized spacial score (nSPS) is 32.8. The van der Waals surface area contributed by atoms with Gasteiger partial charge in [0.25, 0.3) is 0 Å². The lowest BCUT2D eigenvalue weighted by Crippen LogP contribution is -2.58. The summed E-state index contributed by atoms with van der Waals surface area (Å²) in [6.45, 7) is 4.72. The molecule has 2 atom stereocenters. The van der Waals surface area contributed by atoms with Crippen molar-refractivity contribution >= 4 is 6.03 Å². The molecule has 5 nitrogen and oxygen atoms in total. The summed E-state index contributed by atoms with van der Waals surface area (Å²) in [5.41, 5.74) is 0.205. The van der Waals surface area contributed by atoms with Gasteiger partial charge in [0.1, 0.15) is 0 Å². The summed E-state index contributed by atoms with van der Waals surface area (Å²) in [6, 6.07) is 1.76. The van der Waals surface area contributed by atoms with E-state index in [4.69, 9.17) is 4.74 Å². The van der Waals surface area contributed by atoms with Gasteiger partial charge in [0.2, 0.25) is 0 Å². The molecule has 0 spiro atoms. The lowest BCUT2D eigenvalue weighted by Gasteiger charge is -2.48. The predicted molar refractivity (Wildman–Crippen MR) is 94.0 cm³/mol. The SMILES string of the molecule is COCC1(CNC(=O)N2CCC3C(CCCN3C3CC3)C2)CCC1. The van der Waals surface area contributed by atoms with Crippen molar-refractivity contribution in [3.05, 3.63) is 0 Å². The van der Waals surface area contributed by atoms with E-state index in [1.807, 2.05) is 0 Å². The van der Waals surface area contributed by atoms with Crippen LogP contribution >= 0.6 is 0 Å². The van der Waals surface area contributed by atoms with Crippen molar-refractivity contribution in [1.82, 2.24) is 15.1 Å². The number of amides is 2. The van der Waals surface area contributed by atoms with E-state index in [1.54, 1.807) is 7.11 Å². The van der Waals surface area contributed by atoms with Gasteiger partial charge in [-0.3, -0.25) is 4.90 Å². The van der Waals surface area contributed by atoms with Crippen molar-refractivity contribution in [3.63, 3.8) is 0 Å². The van der Waals surface area contributed by atoms with Gasteiger partial charge < -0.3 is 15.0 Å². The molecule has 2 unspecified atom stereocenters. The van der Waals surface area contributed by atoms with Crippen molar-refractivity contribution in [1.29, 1.82) is 0 Å². The molecule has 136 valence electrons. The van der Waals surface area contributed by atoms with Crippen LogP contribution in [0.15, 0.2) is 0 Å². The summed E-state index contributed by atoms with van der Waals surface area (Å²) < 4.78 is 5.37. The predicted octanol–water partition coefficient (Wildman–Crippen LogP) is 2.46. The molecule has 2 aliphatic heterocycles. The molecule has 0 bridgehead atoms. The summed E-state index contributed by atoms with van der Waals surface area (Å²) >= 11 is 0. The average Bonchev–Trinajstić information content (AvgIpc) is 3.40. The number of carbonyl (C=O) groups excluding carboxylic acids is 1. The van der Waals surface area contributed by atoms with Crippen molar-refractivity contribution in [3.8, 4) is 0 Å². The van der Waals surface area contributed by atoms with Gasteiger partial charge in [0.15, 0.2) is 0 Å². The highest BCUT2D eigenvalue weighted by Crippen LogP contribution is 2.41. The smallest absolute Gasteiger partial charge is 0.317 e. The number of nitrogens with one attached hydrogen (secondary N) is 1. The summed E-state index contributed by atoms with van der Waals surface area (Å²) in [7, 11) is 1.77. The Morgan fingerprint density at radius 2 is 2.00 bits per heavy atom. The monoisotopic (exact) mass is 335 g/mol. The van der Waals surface area contributed by atoms with Crippen LogP contribution in [0.2, 0.25) is 0 Å². The van der Waals surface area contributed by atoms with Gasteiger partial charge >= 0.3 is 6.03 Å². The molecular formula is C19H33N3O2. The fourth-order valence-electron chi connectivity index (χ4n) is 5.22. The maximum atomic E-state index is 12.7. The zero-order valence-electron chi connectivity index (χ0n) is 15.1. The number of urea groups is 1. The Morgan fingerprint density at radius 3 is 2.67 bits per heavy atom. The Kier molecular flexibility index (Phi) is 4.74. The Balaban J connectivity index is 1.28. The van der Waals surface area contributed by atoms with Crippen LogP contribution in [-0.4, -0.2) is 67.8 Å². The van der Waals surface area contributed by atoms with E-state index in [-0.39, 0.29) is 11.4 Å². The first-order valence-corrected chi connectivity index (χ1v) is 9.98. The van der Waals surface area contributed by atoms with Crippen LogP contribution in [0.5, 0.6) is 0 Å². The van der Waals surface area contributed by atoms with Crippen LogP contribution in [0.3, 0.4) is 0 Å². The molecule has 0 radical (unpaired) electrons. The zero-order chi connectivity index (χ0) is 16.6. The number of hydrogen-bond acceptors (Lipinski definition) is 3. The van der Waals surface area contributed by atoms with Crippen LogP contribution in [0.4, 0.5) is 4.79 Å². The molecule has 2 amide bonds. The van der Waals surface area contributed by atoms with Crippen LogP contribution < -0.4 is 5.32 Å². The molecule has 24 heavy (non-hydrogen) atoms. The van der Waals surface area contributed by atoms with Gasteiger partial charge in [-0.2, -0.15) is 0 Å². The molecule has 2 heterocycles. The third-order valence-corrected chi connectivity index (χ3v) is 6.89. The fraction of sp³-hybridized carbons (Fsp3) is 0.947. The lowest BCUT2D eigenvalue weighted by atomic mass is 9.69. The minimum atomic E-state index is 0.152. The van der Waals surface area contributed by atoms with Gasteiger partial charge in [-0.15, -0.1) is 0 Å². The van der Waals surface area contributed by atoms with E-state index in [0.29, 0.717) is 5.92 Å². The highest BCUT2D eigenvalue weighted by atomic mass is 16.5. The maximum Gasteiger partial charge on any atom is 0.317 e. The van der Waals surface area contributed by atoms with Crippen molar-refractivity contribution in [2.75, 3.05) is 39.9 Å². The van der Waals surface area contributed by atoms with Crippen LogP contribution in [-0.2, 0) is 4.74 Å². The number of likely N-dealkylation sites (tertiary alicyclic amines) is 2. The zero-order valence-corrected chi connectivity index (χ0v) is 15.1.